The van der Waals surface area contributed by atoms with Gasteiger partial charge in [0.05, 0.1) is 13.7 Å². The van der Waals surface area contributed by atoms with Gasteiger partial charge < -0.3 is 14.7 Å². The molecule has 0 aromatic heterocycles. The second-order valence-corrected chi connectivity index (χ2v) is 5.57. The molecule has 0 radical (unpaired) electrons. The van der Waals surface area contributed by atoms with Crippen molar-refractivity contribution < 1.29 is 19.4 Å². The highest BCUT2D eigenvalue weighted by atomic mass is 16.5. The highest BCUT2D eigenvalue weighted by Crippen LogP contribution is 2.18. The van der Waals surface area contributed by atoms with Gasteiger partial charge in [-0.25, -0.2) is 0 Å². The predicted octanol–water partition coefficient (Wildman–Crippen LogP) is 1.20. The second kappa shape index (κ2) is 7.26. The molecule has 1 aliphatic rings. The Morgan fingerprint density at radius 2 is 2.23 bits per heavy atom. The quantitative estimate of drug-likeness (QED) is 0.855. The van der Waals surface area contributed by atoms with Gasteiger partial charge in [0.1, 0.15) is 11.8 Å². The van der Waals surface area contributed by atoms with Crippen molar-refractivity contribution in [2.75, 3.05) is 27.2 Å². The third kappa shape index (κ3) is 3.98. The van der Waals surface area contributed by atoms with Crippen LogP contribution in [0.15, 0.2) is 24.3 Å². The summed E-state index contributed by atoms with van der Waals surface area (Å²) in [7, 11) is 3.33. The summed E-state index contributed by atoms with van der Waals surface area (Å²) in [5.41, 5.74) is 0.978. The summed E-state index contributed by atoms with van der Waals surface area (Å²) < 4.78 is 5.17. The Bertz CT molecular complexity index is 547. The van der Waals surface area contributed by atoms with Crippen molar-refractivity contribution in [2.24, 2.45) is 0 Å². The number of likely N-dealkylation sites (tertiary alicyclic amines) is 1. The molecule has 1 aliphatic heterocycles. The number of carbonyl (C=O) groups is 2. The number of aliphatic carboxylic acids is 1. The van der Waals surface area contributed by atoms with Crippen molar-refractivity contribution in [3.05, 3.63) is 29.8 Å². The van der Waals surface area contributed by atoms with E-state index in [-0.39, 0.29) is 12.5 Å². The van der Waals surface area contributed by atoms with E-state index < -0.39 is 12.0 Å². The summed E-state index contributed by atoms with van der Waals surface area (Å²) in [5, 5.41) is 9.15. The van der Waals surface area contributed by atoms with E-state index in [0.29, 0.717) is 19.5 Å². The van der Waals surface area contributed by atoms with Crippen LogP contribution in [0, 0.1) is 0 Å². The third-order valence-electron chi connectivity index (χ3n) is 3.97. The summed E-state index contributed by atoms with van der Waals surface area (Å²) >= 11 is 0. The number of methoxy groups -OCH3 is 1. The van der Waals surface area contributed by atoms with Crippen LogP contribution in [0.4, 0.5) is 0 Å². The molecule has 1 aromatic carbocycles. The first-order valence-corrected chi connectivity index (χ1v) is 7.35. The minimum atomic E-state index is -0.847. The number of nitrogens with zero attached hydrogens (tertiary/aromatic N) is 2. The van der Waals surface area contributed by atoms with Crippen LogP contribution < -0.4 is 4.74 Å². The summed E-state index contributed by atoms with van der Waals surface area (Å²) in [5.74, 6) is -0.166. The van der Waals surface area contributed by atoms with Crippen molar-refractivity contribution in [2.45, 2.75) is 25.4 Å². The summed E-state index contributed by atoms with van der Waals surface area (Å²) in [4.78, 5) is 26.8. The zero-order valence-corrected chi connectivity index (χ0v) is 13.0. The number of amides is 1. The van der Waals surface area contributed by atoms with E-state index in [4.69, 9.17) is 9.84 Å². The number of ether oxygens (including phenoxy) is 1. The molecule has 0 saturated carbocycles. The molecule has 120 valence electrons. The number of likely N-dealkylation sites (N-methyl/N-ethyl adjacent to an activating group) is 1. The lowest BCUT2D eigenvalue weighted by molar-refractivity contribution is -0.143. The molecule has 0 bridgehead atoms. The van der Waals surface area contributed by atoms with Gasteiger partial charge in [0.2, 0.25) is 5.91 Å². The summed E-state index contributed by atoms with van der Waals surface area (Å²) in [6.07, 6.45) is 1.44. The number of hydrogen-bond acceptors (Lipinski definition) is 4. The van der Waals surface area contributed by atoms with E-state index in [1.807, 2.05) is 24.3 Å². The van der Waals surface area contributed by atoms with Crippen molar-refractivity contribution in [1.82, 2.24) is 9.80 Å². The molecule has 0 aliphatic carbocycles. The fraction of sp³-hybridized carbons (Fsp3) is 0.500. The Labute approximate surface area is 130 Å². The summed E-state index contributed by atoms with van der Waals surface area (Å²) in [6, 6.07) is 7.02. The van der Waals surface area contributed by atoms with Crippen molar-refractivity contribution >= 4 is 11.9 Å². The number of carboxylic acids is 1. The van der Waals surface area contributed by atoms with Crippen LogP contribution >= 0.6 is 0 Å². The number of hydrogen-bond donors (Lipinski definition) is 1. The molecule has 22 heavy (non-hydrogen) atoms. The molecule has 1 fully saturated rings. The average molecular weight is 306 g/mol. The van der Waals surface area contributed by atoms with Gasteiger partial charge in [-0.3, -0.25) is 14.5 Å². The van der Waals surface area contributed by atoms with E-state index in [2.05, 4.69) is 0 Å². The van der Waals surface area contributed by atoms with Crippen LogP contribution in [0.1, 0.15) is 18.4 Å². The van der Waals surface area contributed by atoms with Crippen LogP contribution in [-0.4, -0.2) is 60.1 Å². The van der Waals surface area contributed by atoms with Gasteiger partial charge in [0, 0.05) is 13.6 Å². The maximum atomic E-state index is 12.3. The van der Waals surface area contributed by atoms with E-state index in [1.165, 1.54) is 0 Å². The lowest BCUT2D eigenvalue weighted by atomic mass is 10.2. The van der Waals surface area contributed by atoms with Crippen molar-refractivity contribution in [3.63, 3.8) is 0 Å². The SMILES string of the molecule is COc1cccc(CN(C)C(=O)CN2CCCC2C(=O)O)c1. The molecule has 1 heterocycles. The van der Waals surface area contributed by atoms with Crippen LogP contribution in [0.25, 0.3) is 0 Å². The molecule has 1 amide bonds. The molecule has 1 unspecified atom stereocenters. The molecule has 1 aromatic rings. The Morgan fingerprint density at radius 3 is 2.91 bits per heavy atom. The lowest BCUT2D eigenvalue weighted by Gasteiger charge is -2.24. The molecule has 6 heteroatoms. The van der Waals surface area contributed by atoms with Crippen molar-refractivity contribution in [1.29, 1.82) is 0 Å². The number of carbonyl (C=O) groups excluding carboxylic acids is 1. The van der Waals surface area contributed by atoms with Gasteiger partial charge >= 0.3 is 5.97 Å². The van der Waals surface area contributed by atoms with E-state index in [0.717, 1.165) is 17.7 Å². The second-order valence-electron chi connectivity index (χ2n) is 5.57. The zero-order chi connectivity index (χ0) is 16.1. The number of rotatable bonds is 6. The van der Waals surface area contributed by atoms with Crippen molar-refractivity contribution in [3.8, 4) is 5.75 Å². The monoisotopic (exact) mass is 306 g/mol. The first-order chi connectivity index (χ1) is 10.5. The Hall–Kier alpha value is -2.08. The lowest BCUT2D eigenvalue weighted by Crippen LogP contribution is -2.43. The first kappa shape index (κ1) is 16.3. The molecular weight excluding hydrogens is 284 g/mol. The fourth-order valence-electron chi connectivity index (χ4n) is 2.72. The normalized spacial score (nSPS) is 18.2. The molecule has 1 saturated heterocycles. The van der Waals surface area contributed by atoms with E-state index in [9.17, 15) is 9.59 Å². The predicted molar refractivity (Wildman–Crippen MR) is 81.7 cm³/mol. The Kier molecular flexibility index (Phi) is 5.38. The van der Waals surface area contributed by atoms with E-state index >= 15 is 0 Å². The van der Waals surface area contributed by atoms with Gasteiger partial charge in [-0.15, -0.1) is 0 Å². The standard InChI is InChI=1S/C16H22N2O4/c1-17(10-12-5-3-6-13(9-12)22-2)15(19)11-18-8-4-7-14(18)16(20)21/h3,5-6,9,14H,4,7-8,10-11H2,1-2H3,(H,20,21). The minimum absolute atomic E-state index is 0.0732. The van der Waals surface area contributed by atoms with Gasteiger partial charge in [-0.05, 0) is 37.1 Å². The maximum absolute atomic E-state index is 12.3. The third-order valence-corrected chi connectivity index (χ3v) is 3.97. The van der Waals surface area contributed by atoms with Gasteiger partial charge in [-0.1, -0.05) is 12.1 Å². The highest BCUT2D eigenvalue weighted by Gasteiger charge is 2.32. The Morgan fingerprint density at radius 1 is 1.45 bits per heavy atom. The molecular formula is C16H22N2O4. The van der Waals surface area contributed by atoms with E-state index in [1.54, 1.807) is 24.0 Å². The molecule has 1 atom stereocenters. The molecule has 1 N–H and O–H groups in total. The average Bonchev–Trinajstić information content (AvgIpc) is 2.95. The van der Waals surface area contributed by atoms with Gasteiger partial charge in [-0.2, -0.15) is 0 Å². The van der Waals surface area contributed by atoms with Crippen LogP contribution in [0.2, 0.25) is 0 Å². The maximum Gasteiger partial charge on any atom is 0.320 e. The highest BCUT2D eigenvalue weighted by molar-refractivity contribution is 5.80. The van der Waals surface area contributed by atoms with Crippen LogP contribution in [0.3, 0.4) is 0 Å². The first-order valence-electron chi connectivity index (χ1n) is 7.35. The molecule has 2 rings (SSSR count). The fourth-order valence-corrected chi connectivity index (χ4v) is 2.72. The Balaban J connectivity index is 1.93. The zero-order valence-electron chi connectivity index (χ0n) is 13.0. The molecule has 6 nitrogen and oxygen atoms in total. The molecule has 0 spiro atoms. The smallest absolute Gasteiger partial charge is 0.320 e. The topological polar surface area (TPSA) is 70.1 Å². The van der Waals surface area contributed by atoms with Gasteiger partial charge in [0.15, 0.2) is 0 Å². The number of carboxylic acid groups (broad SMARTS) is 1. The number of benzene rings is 1. The minimum Gasteiger partial charge on any atom is -0.497 e. The summed E-state index contributed by atoms with van der Waals surface area (Å²) in [6.45, 7) is 1.29. The van der Waals surface area contributed by atoms with Gasteiger partial charge in [0.25, 0.3) is 0 Å². The largest absolute Gasteiger partial charge is 0.497 e. The van der Waals surface area contributed by atoms with Crippen LogP contribution in [-0.2, 0) is 16.1 Å². The van der Waals surface area contributed by atoms with Crippen LogP contribution in [0.5, 0.6) is 5.75 Å².